The molecule has 128 valence electrons. The van der Waals surface area contributed by atoms with Crippen LogP contribution in [0.25, 0.3) is 5.69 Å². The van der Waals surface area contributed by atoms with Crippen LogP contribution in [-0.4, -0.2) is 44.2 Å². The molecule has 7 heteroatoms. The highest BCUT2D eigenvalue weighted by Gasteiger charge is 2.13. The van der Waals surface area contributed by atoms with Crippen molar-refractivity contribution in [2.45, 2.75) is 6.54 Å². The second-order valence-electron chi connectivity index (χ2n) is 5.43. The third kappa shape index (κ3) is 4.42. The molecule has 2 amide bonds. The summed E-state index contributed by atoms with van der Waals surface area (Å²) >= 11 is 0. The average Bonchev–Trinajstić information content (AvgIpc) is 3.17. The molecule has 7 nitrogen and oxygen atoms in total. The Kier molecular flexibility index (Phi) is 5.38. The molecule has 3 rings (SSSR count). The van der Waals surface area contributed by atoms with E-state index in [9.17, 15) is 9.90 Å². The third-order valence-electron chi connectivity index (χ3n) is 3.64. The topological polar surface area (TPSA) is 83.3 Å². The Labute approximate surface area is 145 Å². The lowest BCUT2D eigenvalue weighted by Gasteiger charge is -2.22. The molecule has 3 aromatic rings. The zero-order valence-corrected chi connectivity index (χ0v) is 13.6. The van der Waals surface area contributed by atoms with Gasteiger partial charge in [0.15, 0.2) is 0 Å². The summed E-state index contributed by atoms with van der Waals surface area (Å²) in [6, 6.07) is 16.6. The van der Waals surface area contributed by atoms with Crippen LogP contribution in [0.2, 0.25) is 0 Å². The van der Waals surface area contributed by atoms with Crippen molar-refractivity contribution in [2.24, 2.45) is 0 Å². The van der Waals surface area contributed by atoms with Gasteiger partial charge in [0, 0.05) is 18.8 Å². The van der Waals surface area contributed by atoms with Crippen LogP contribution >= 0.6 is 0 Å². The molecule has 0 unspecified atom stereocenters. The fourth-order valence-corrected chi connectivity index (χ4v) is 2.41. The van der Waals surface area contributed by atoms with Crippen LogP contribution in [0.1, 0.15) is 5.56 Å². The number of aromatic nitrogens is 3. The number of aliphatic hydroxyl groups is 1. The number of nitrogens with zero attached hydrogens (tertiary/aromatic N) is 4. The van der Waals surface area contributed by atoms with E-state index < -0.39 is 0 Å². The van der Waals surface area contributed by atoms with Crippen molar-refractivity contribution in [1.29, 1.82) is 0 Å². The van der Waals surface area contributed by atoms with Crippen molar-refractivity contribution in [3.8, 4) is 5.69 Å². The molecule has 0 aliphatic rings. The Morgan fingerprint density at radius 2 is 1.72 bits per heavy atom. The molecule has 1 aromatic heterocycles. The van der Waals surface area contributed by atoms with Crippen molar-refractivity contribution >= 4 is 11.7 Å². The van der Waals surface area contributed by atoms with E-state index >= 15 is 0 Å². The lowest BCUT2D eigenvalue weighted by atomic mass is 10.2. The van der Waals surface area contributed by atoms with Crippen LogP contribution in [-0.2, 0) is 6.54 Å². The van der Waals surface area contributed by atoms with Crippen molar-refractivity contribution in [3.05, 3.63) is 72.6 Å². The second kappa shape index (κ2) is 8.07. The van der Waals surface area contributed by atoms with Gasteiger partial charge in [0.1, 0.15) is 0 Å². The highest BCUT2D eigenvalue weighted by atomic mass is 16.3. The van der Waals surface area contributed by atoms with Gasteiger partial charge in [0.2, 0.25) is 0 Å². The van der Waals surface area contributed by atoms with E-state index in [4.69, 9.17) is 0 Å². The van der Waals surface area contributed by atoms with Crippen LogP contribution in [0.15, 0.2) is 67.0 Å². The smallest absolute Gasteiger partial charge is 0.322 e. The largest absolute Gasteiger partial charge is 0.395 e. The Balaban J connectivity index is 1.66. The molecular formula is C18H19N5O2. The highest BCUT2D eigenvalue weighted by molar-refractivity contribution is 5.89. The zero-order valence-electron chi connectivity index (χ0n) is 13.6. The summed E-state index contributed by atoms with van der Waals surface area (Å²) in [5.41, 5.74) is 2.47. The summed E-state index contributed by atoms with van der Waals surface area (Å²) in [5.74, 6) is 0. The van der Waals surface area contributed by atoms with Crippen molar-refractivity contribution in [1.82, 2.24) is 19.9 Å². The standard InChI is InChI=1S/C18H19N5O2/c24-13-12-22(14-15-4-2-1-3-5-15)18(25)21-16-6-8-17(9-7-16)23-19-10-11-20-23/h1-11,24H,12-14H2,(H,21,25). The van der Waals surface area contributed by atoms with E-state index in [1.54, 1.807) is 29.4 Å². The molecule has 0 aliphatic carbocycles. The SMILES string of the molecule is O=C(Nc1ccc(-n2nccn2)cc1)N(CCO)Cc1ccccc1. The molecule has 2 N–H and O–H groups in total. The fourth-order valence-electron chi connectivity index (χ4n) is 2.41. The maximum Gasteiger partial charge on any atom is 0.322 e. The van der Waals surface area contributed by atoms with E-state index in [0.29, 0.717) is 12.2 Å². The van der Waals surface area contributed by atoms with Crippen molar-refractivity contribution in [2.75, 3.05) is 18.5 Å². The molecule has 0 aliphatic heterocycles. The number of rotatable bonds is 6. The number of hydrogen-bond donors (Lipinski definition) is 2. The fraction of sp³-hybridized carbons (Fsp3) is 0.167. The number of anilines is 1. The molecule has 1 heterocycles. The van der Waals surface area contributed by atoms with Crippen LogP contribution in [0, 0.1) is 0 Å². The zero-order chi connectivity index (χ0) is 17.5. The number of nitrogens with one attached hydrogen (secondary N) is 1. The molecule has 0 bridgehead atoms. The van der Waals surface area contributed by atoms with Gasteiger partial charge in [-0.3, -0.25) is 0 Å². The van der Waals surface area contributed by atoms with Crippen LogP contribution in [0.5, 0.6) is 0 Å². The van der Waals surface area contributed by atoms with Crippen LogP contribution in [0.3, 0.4) is 0 Å². The molecule has 0 saturated heterocycles. The number of aliphatic hydroxyl groups excluding tert-OH is 1. The van der Waals surface area contributed by atoms with Gasteiger partial charge in [-0.2, -0.15) is 15.0 Å². The summed E-state index contributed by atoms with van der Waals surface area (Å²) in [6.07, 6.45) is 3.21. The van der Waals surface area contributed by atoms with Gasteiger partial charge in [-0.15, -0.1) is 0 Å². The number of urea groups is 1. The number of amides is 2. The minimum atomic E-state index is -0.261. The molecule has 0 atom stereocenters. The van der Waals surface area contributed by atoms with Crippen molar-refractivity contribution < 1.29 is 9.90 Å². The second-order valence-corrected chi connectivity index (χ2v) is 5.43. The average molecular weight is 337 g/mol. The molecule has 0 fully saturated rings. The third-order valence-corrected chi connectivity index (χ3v) is 3.64. The van der Waals surface area contributed by atoms with E-state index in [2.05, 4.69) is 15.5 Å². The van der Waals surface area contributed by atoms with Gasteiger partial charge >= 0.3 is 6.03 Å². The maximum absolute atomic E-state index is 12.5. The monoisotopic (exact) mass is 337 g/mol. The first-order valence-corrected chi connectivity index (χ1v) is 7.94. The Morgan fingerprint density at radius 3 is 2.36 bits per heavy atom. The van der Waals surface area contributed by atoms with Gasteiger partial charge in [0.25, 0.3) is 0 Å². The first-order chi connectivity index (χ1) is 12.3. The van der Waals surface area contributed by atoms with E-state index in [1.807, 2.05) is 42.5 Å². The highest BCUT2D eigenvalue weighted by Crippen LogP contribution is 2.13. The molecule has 0 radical (unpaired) electrons. The summed E-state index contributed by atoms with van der Waals surface area (Å²) in [4.78, 5) is 15.6. The molecule has 25 heavy (non-hydrogen) atoms. The van der Waals surface area contributed by atoms with Gasteiger partial charge in [-0.25, -0.2) is 4.79 Å². The lowest BCUT2D eigenvalue weighted by molar-refractivity contribution is 0.185. The Hall–Kier alpha value is -3.19. The minimum absolute atomic E-state index is 0.0931. The lowest BCUT2D eigenvalue weighted by Crippen LogP contribution is -2.36. The summed E-state index contributed by atoms with van der Waals surface area (Å²) in [5, 5.41) is 20.2. The first kappa shape index (κ1) is 16.7. The Morgan fingerprint density at radius 1 is 1.04 bits per heavy atom. The molecule has 0 saturated carbocycles. The number of hydrogen-bond acceptors (Lipinski definition) is 4. The predicted octanol–water partition coefficient (Wildman–Crippen LogP) is 2.29. The Bertz CT molecular complexity index is 788. The number of benzene rings is 2. The summed E-state index contributed by atoms with van der Waals surface area (Å²) < 4.78 is 0. The summed E-state index contributed by atoms with van der Waals surface area (Å²) in [6.45, 7) is 0.600. The predicted molar refractivity (Wildman–Crippen MR) is 94.3 cm³/mol. The quantitative estimate of drug-likeness (QED) is 0.723. The van der Waals surface area contributed by atoms with E-state index in [0.717, 1.165) is 11.3 Å². The van der Waals surface area contributed by atoms with Gasteiger partial charge in [-0.1, -0.05) is 30.3 Å². The van der Waals surface area contributed by atoms with Crippen LogP contribution in [0.4, 0.5) is 10.5 Å². The molecule has 2 aromatic carbocycles. The maximum atomic E-state index is 12.5. The number of carbonyl (C=O) groups is 1. The van der Waals surface area contributed by atoms with E-state index in [-0.39, 0.29) is 19.2 Å². The summed E-state index contributed by atoms with van der Waals surface area (Å²) in [7, 11) is 0. The number of carbonyl (C=O) groups excluding carboxylic acids is 1. The first-order valence-electron chi connectivity index (χ1n) is 7.94. The van der Waals surface area contributed by atoms with Crippen LogP contribution < -0.4 is 5.32 Å². The minimum Gasteiger partial charge on any atom is -0.395 e. The molecular weight excluding hydrogens is 318 g/mol. The normalized spacial score (nSPS) is 10.4. The van der Waals surface area contributed by atoms with Gasteiger partial charge in [-0.05, 0) is 29.8 Å². The van der Waals surface area contributed by atoms with E-state index in [1.165, 1.54) is 4.80 Å². The van der Waals surface area contributed by atoms with Gasteiger partial charge in [0.05, 0.1) is 24.7 Å². The van der Waals surface area contributed by atoms with Gasteiger partial charge < -0.3 is 15.3 Å². The van der Waals surface area contributed by atoms with Crippen molar-refractivity contribution in [3.63, 3.8) is 0 Å². The molecule has 0 spiro atoms.